The molecule has 0 saturated carbocycles. The number of nitrogens with one attached hydrogen (secondary N) is 1. The Labute approximate surface area is 182 Å². The van der Waals surface area contributed by atoms with E-state index in [4.69, 9.17) is 4.74 Å². The number of fused-ring (bicyclic) bond motifs is 1. The maximum Gasteiger partial charge on any atom is 0.410 e. The van der Waals surface area contributed by atoms with E-state index in [0.29, 0.717) is 18.9 Å². The van der Waals surface area contributed by atoms with Gasteiger partial charge in [-0.25, -0.2) is 9.78 Å². The number of ether oxygens (including phenoxy) is 1. The molecule has 1 aliphatic heterocycles. The fraction of sp³-hybridized carbons (Fsp3) is 0.320. The Kier molecular flexibility index (Phi) is 5.63. The lowest BCUT2D eigenvalue weighted by Crippen LogP contribution is -2.36. The van der Waals surface area contributed by atoms with Gasteiger partial charge in [-0.05, 0) is 37.8 Å². The van der Waals surface area contributed by atoms with Gasteiger partial charge in [0.1, 0.15) is 11.4 Å². The molecule has 4 rings (SSSR count). The minimum atomic E-state index is -0.589. The van der Waals surface area contributed by atoms with Gasteiger partial charge in [-0.1, -0.05) is 54.6 Å². The van der Waals surface area contributed by atoms with Gasteiger partial charge in [0.15, 0.2) is 0 Å². The smallest absolute Gasteiger partial charge is 0.410 e. The summed E-state index contributed by atoms with van der Waals surface area (Å²) in [7, 11) is 0. The van der Waals surface area contributed by atoms with Crippen LogP contribution < -0.4 is 5.32 Å². The van der Waals surface area contributed by atoms with Crippen LogP contribution in [-0.2, 0) is 9.53 Å². The van der Waals surface area contributed by atoms with Gasteiger partial charge in [-0.3, -0.25) is 4.79 Å². The molecule has 1 aromatic heterocycles. The fourth-order valence-corrected chi connectivity index (χ4v) is 3.95. The predicted molar refractivity (Wildman–Crippen MR) is 121 cm³/mol. The summed E-state index contributed by atoms with van der Waals surface area (Å²) in [4.78, 5) is 31.9. The van der Waals surface area contributed by atoms with Gasteiger partial charge < -0.3 is 15.0 Å². The van der Waals surface area contributed by atoms with Crippen LogP contribution in [0.3, 0.4) is 0 Å². The highest BCUT2D eigenvalue weighted by Crippen LogP contribution is 2.34. The van der Waals surface area contributed by atoms with Crippen molar-refractivity contribution in [1.82, 2.24) is 9.88 Å². The van der Waals surface area contributed by atoms with Crippen LogP contribution in [0.2, 0.25) is 0 Å². The Bertz CT molecular complexity index is 1090. The van der Waals surface area contributed by atoms with E-state index in [2.05, 4.69) is 10.3 Å². The molecule has 160 valence electrons. The molecule has 0 bridgehead atoms. The third-order valence-corrected chi connectivity index (χ3v) is 5.42. The summed E-state index contributed by atoms with van der Waals surface area (Å²) in [5.41, 5.74) is 0.439. The molecule has 1 saturated heterocycles. The van der Waals surface area contributed by atoms with Crippen LogP contribution in [-0.4, -0.2) is 40.6 Å². The molecular formula is C25H27N3O3. The minimum Gasteiger partial charge on any atom is -0.444 e. The minimum absolute atomic E-state index is 0.117. The van der Waals surface area contributed by atoms with E-state index in [-0.39, 0.29) is 11.8 Å². The first-order valence-electron chi connectivity index (χ1n) is 10.5. The Hall–Kier alpha value is -3.41. The van der Waals surface area contributed by atoms with E-state index >= 15 is 0 Å². The number of carbonyl (C=O) groups excluding carboxylic acids is 2. The molecule has 0 spiro atoms. The number of amides is 2. The number of likely N-dealkylation sites (tertiary alicyclic amines) is 1. The van der Waals surface area contributed by atoms with Crippen molar-refractivity contribution >= 4 is 28.6 Å². The second-order valence-electron chi connectivity index (χ2n) is 8.91. The summed E-state index contributed by atoms with van der Waals surface area (Å²) >= 11 is 0. The van der Waals surface area contributed by atoms with E-state index in [1.807, 2.05) is 81.4 Å². The van der Waals surface area contributed by atoms with Crippen LogP contribution in [0, 0.1) is 5.92 Å². The zero-order valence-electron chi connectivity index (χ0n) is 18.0. The normalized spacial score (nSPS) is 18.7. The molecule has 2 atom stereocenters. The van der Waals surface area contributed by atoms with Gasteiger partial charge in [0.25, 0.3) is 0 Å². The number of carbonyl (C=O) groups is 2. The molecule has 2 unspecified atom stereocenters. The Morgan fingerprint density at radius 1 is 1.00 bits per heavy atom. The molecule has 0 radical (unpaired) electrons. The van der Waals surface area contributed by atoms with Gasteiger partial charge in [0.2, 0.25) is 5.91 Å². The highest BCUT2D eigenvalue weighted by atomic mass is 16.6. The van der Waals surface area contributed by atoms with Crippen molar-refractivity contribution in [2.24, 2.45) is 5.92 Å². The van der Waals surface area contributed by atoms with Crippen molar-refractivity contribution in [3.8, 4) is 0 Å². The van der Waals surface area contributed by atoms with Crippen molar-refractivity contribution in [2.45, 2.75) is 32.3 Å². The zero-order valence-corrected chi connectivity index (χ0v) is 18.0. The summed E-state index contributed by atoms with van der Waals surface area (Å²) in [6.45, 7) is 6.25. The molecule has 3 aromatic rings. The number of aromatic nitrogens is 1. The van der Waals surface area contributed by atoms with Gasteiger partial charge in [0.05, 0.1) is 5.92 Å². The number of hydrogen-bond acceptors (Lipinski definition) is 4. The lowest BCUT2D eigenvalue weighted by molar-refractivity contribution is -0.119. The molecule has 2 aromatic carbocycles. The third-order valence-electron chi connectivity index (χ3n) is 5.42. The quantitative estimate of drug-likeness (QED) is 0.663. The second kappa shape index (κ2) is 8.38. The van der Waals surface area contributed by atoms with Gasteiger partial charge in [-0.15, -0.1) is 0 Å². The number of pyridine rings is 1. The summed E-state index contributed by atoms with van der Waals surface area (Å²) in [5.74, 6) is -0.161. The van der Waals surface area contributed by atoms with Crippen LogP contribution in [0.4, 0.5) is 10.6 Å². The van der Waals surface area contributed by atoms with Crippen LogP contribution in [0.25, 0.3) is 10.8 Å². The second-order valence-corrected chi connectivity index (χ2v) is 8.91. The molecule has 2 amide bonds. The summed E-state index contributed by atoms with van der Waals surface area (Å²) in [5, 5.41) is 4.98. The third kappa shape index (κ3) is 4.85. The van der Waals surface area contributed by atoms with E-state index in [9.17, 15) is 9.59 Å². The van der Waals surface area contributed by atoms with Crippen LogP contribution in [0.5, 0.6) is 0 Å². The lowest BCUT2D eigenvalue weighted by Gasteiger charge is -2.24. The van der Waals surface area contributed by atoms with Crippen LogP contribution in [0.1, 0.15) is 32.3 Å². The van der Waals surface area contributed by atoms with Gasteiger partial charge in [0, 0.05) is 30.6 Å². The zero-order chi connectivity index (χ0) is 22.0. The summed E-state index contributed by atoms with van der Waals surface area (Å²) in [6.07, 6.45) is 1.36. The lowest BCUT2D eigenvalue weighted by atomic mass is 9.88. The van der Waals surface area contributed by atoms with E-state index in [0.717, 1.165) is 16.3 Å². The largest absolute Gasteiger partial charge is 0.444 e. The summed E-state index contributed by atoms with van der Waals surface area (Å²) < 4.78 is 5.54. The molecule has 1 N–H and O–H groups in total. The molecule has 6 heteroatoms. The molecular weight excluding hydrogens is 390 g/mol. The molecule has 1 aliphatic rings. The molecule has 0 aliphatic carbocycles. The van der Waals surface area contributed by atoms with Crippen LogP contribution in [0.15, 0.2) is 66.9 Å². The van der Waals surface area contributed by atoms with Crippen LogP contribution >= 0.6 is 0 Å². The predicted octanol–water partition coefficient (Wildman–Crippen LogP) is 4.82. The molecule has 2 heterocycles. The van der Waals surface area contributed by atoms with E-state index < -0.39 is 17.6 Å². The maximum absolute atomic E-state index is 13.3. The monoisotopic (exact) mass is 417 g/mol. The standard InChI is InChI=1S/C25H27N3O3/c1-25(2,3)31-24(30)28-15-20(17-9-5-4-6-10-17)21(16-28)23(29)27-22-13-18-11-7-8-12-19(18)14-26-22/h4-14,20-21H,15-16H2,1-3H3,(H,26,27,29). The highest BCUT2D eigenvalue weighted by Gasteiger charge is 2.41. The van der Waals surface area contributed by atoms with Gasteiger partial charge >= 0.3 is 6.09 Å². The number of rotatable bonds is 3. The van der Waals surface area contributed by atoms with Crippen molar-refractivity contribution in [3.63, 3.8) is 0 Å². The average molecular weight is 418 g/mol. The highest BCUT2D eigenvalue weighted by molar-refractivity contribution is 5.95. The first-order chi connectivity index (χ1) is 14.8. The molecule has 6 nitrogen and oxygen atoms in total. The Morgan fingerprint density at radius 3 is 2.39 bits per heavy atom. The van der Waals surface area contributed by atoms with E-state index in [1.165, 1.54) is 0 Å². The van der Waals surface area contributed by atoms with Gasteiger partial charge in [-0.2, -0.15) is 0 Å². The fourth-order valence-electron chi connectivity index (χ4n) is 3.95. The van der Waals surface area contributed by atoms with Crippen molar-refractivity contribution < 1.29 is 14.3 Å². The van der Waals surface area contributed by atoms with Crippen molar-refractivity contribution in [2.75, 3.05) is 18.4 Å². The Morgan fingerprint density at radius 2 is 1.68 bits per heavy atom. The first kappa shape index (κ1) is 20.8. The first-order valence-corrected chi connectivity index (χ1v) is 10.5. The van der Waals surface area contributed by atoms with E-state index in [1.54, 1.807) is 11.1 Å². The number of benzene rings is 2. The maximum atomic E-state index is 13.3. The average Bonchev–Trinajstić information content (AvgIpc) is 3.19. The SMILES string of the molecule is CC(C)(C)OC(=O)N1CC(C(=O)Nc2cc3ccccc3cn2)C(c2ccccc2)C1. The number of anilines is 1. The van der Waals surface area contributed by atoms with Crippen molar-refractivity contribution in [3.05, 3.63) is 72.4 Å². The summed E-state index contributed by atoms with van der Waals surface area (Å²) in [6, 6.07) is 19.6. The topological polar surface area (TPSA) is 71.5 Å². The van der Waals surface area contributed by atoms with Crippen molar-refractivity contribution in [1.29, 1.82) is 0 Å². The Balaban J connectivity index is 1.56. The number of hydrogen-bond donors (Lipinski definition) is 1. The molecule has 1 fully saturated rings. The molecule has 31 heavy (non-hydrogen) atoms. The number of nitrogens with zero attached hydrogens (tertiary/aromatic N) is 2.